The number of hydrogen-bond acceptors (Lipinski definition) is 2. The predicted octanol–water partition coefficient (Wildman–Crippen LogP) is 2.40. The van der Waals surface area contributed by atoms with Gasteiger partial charge in [0, 0.05) is 5.92 Å². The Morgan fingerprint density at radius 1 is 1.62 bits per heavy atom. The van der Waals surface area contributed by atoms with Gasteiger partial charge in [-0.2, -0.15) is 5.26 Å². The summed E-state index contributed by atoms with van der Waals surface area (Å²) < 4.78 is 0. The van der Waals surface area contributed by atoms with E-state index in [2.05, 4.69) is 13.0 Å². The number of ketones is 1. The highest BCUT2D eigenvalue weighted by atomic mass is 16.1. The summed E-state index contributed by atoms with van der Waals surface area (Å²) in [4.78, 5) is 11.7. The lowest BCUT2D eigenvalue weighted by Gasteiger charge is -2.09. The van der Waals surface area contributed by atoms with Gasteiger partial charge in [0.25, 0.3) is 0 Å². The molecule has 0 heterocycles. The van der Waals surface area contributed by atoms with E-state index < -0.39 is 0 Å². The van der Waals surface area contributed by atoms with E-state index in [-0.39, 0.29) is 17.6 Å². The maximum atomic E-state index is 11.7. The molecule has 1 saturated carbocycles. The zero-order valence-corrected chi connectivity index (χ0v) is 8.58. The molecule has 0 radical (unpaired) electrons. The topological polar surface area (TPSA) is 40.9 Å². The second kappa shape index (κ2) is 3.91. The van der Waals surface area contributed by atoms with Crippen LogP contribution in [0.5, 0.6) is 0 Å². The SMILES string of the molecule is CC(C)CC(C#N)C(=O)C1CC1C. The van der Waals surface area contributed by atoms with E-state index in [0.717, 1.165) is 12.8 Å². The van der Waals surface area contributed by atoms with Crippen molar-refractivity contribution in [3.8, 4) is 6.07 Å². The van der Waals surface area contributed by atoms with Gasteiger partial charge >= 0.3 is 0 Å². The lowest BCUT2D eigenvalue weighted by Crippen LogP contribution is -2.17. The van der Waals surface area contributed by atoms with Crippen molar-refractivity contribution in [2.45, 2.75) is 33.6 Å². The smallest absolute Gasteiger partial charge is 0.153 e. The normalized spacial score (nSPS) is 28.2. The summed E-state index contributed by atoms with van der Waals surface area (Å²) in [5.41, 5.74) is 0. The van der Waals surface area contributed by atoms with Crippen LogP contribution in [0.3, 0.4) is 0 Å². The predicted molar refractivity (Wildman–Crippen MR) is 50.8 cm³/mol. The van der Waals surface area contributed by atoms with Crippen LogP contribution in [0, 0.1) is 35.0 Å². The first-order valence-electron chi connectivity index (χ1n) is 4.99. The Bertz CT molecular complexity index is 239. The number of rotatable bonds is 4. The molecule has 1 aliphatic rings. The molecule has 1 fully saturated rings. The summed E-state index contributed by atoms with van der Waals surface area (Å²) in [6, 6.07) is 2.13. The summed E-state index contributed by atoms with van der Waals surface area (Å²) >= 11 is 0. The number of nitriles is 1. The lowest BCUT2D eigenvalue weighted by atomic mass is 9.92. The van der Waals surface area contributed by atoms with Gasteiger partial charge in [-0.25, -0.2) is 0 Å². The summed E-state index contributed by atoms with van der Waals surface area (Å²) in [5, 5.41) is 8.84. The van der Waals surface area contributed by atoms with Gasteiger partial charge in [-0.1, -0.05) is 20.8 Å². The zero-order chi connectivity index (χ0) is 10.0. The molecule has 0 amide bonds. The molecule has 72 valence electrons. The highest BCUT2D eigenvalue weighted by Gasteiger charge is 2.42. The minimum absolute atomic E-state index is 0.184. The summed E-state index contributed by atoms with van der Waals surface area (Å²) in [6.07, 6.45) is 1.72. The maximum Gasteiger partial charge on any atom is 0.153 e. The van der Waals surface area contributed by atoms with Crippen molar-refractivity contribution < 1.29 is 4.79 Å². The molecule has 0 saturated heterocycles. The van der Waals surface area contributed by atoms with Gasteiger partial charge in [0.1, 0.15) is 5.92 Å². The Labute approximate surface area is 79.9 Å². The van der Waals surface area contributed by atoms with Gasteiger partial charge in [-0.3, -0.25) is 4.79 Å². The minimum atomic E-state index is -0.352. The molecule has 0 aromatic rings. The molecule has 3 unspecified atom stereocenters. The quantitative estimate of drug-likeness (QED) is 0.665. The van der Waals surface area contributed by atoms with Crippen molar-refractivity contribution >= 4 is 5.78 Å². The van der Waals surface area contributed by atoms with Crippen molar-refractivity contribution in [1.82, 2.24) is 0 Å². The summed E-state index contributed by atoms with van der Waals surface area (Å²) in [5.74, 6) is 0.986. The average molecular weight is 179 g/mol. The molecular weight excluding hydrogens is 162 g/mol. The highest BCUT2D eigenvalue weighted by Crippen LogP contribution is 2.40. The molecule has 1 rings (SSSR count). The van der Waals surface area contributed by atoms with E-state index >= 15 is 0 Å². The first-order chi connectivity index (χ1) is 6.06. The van der Waals surface area contributed by atoms with Crippen LogP contribution in [0.25, 0.3) is 0 Å². The first kappa shape index (κ1) is 10.2. The van der Waals surface area contributed by atoms with Gasteiger partial charge < -0.3 is 0 Å². The molecule has 3 atom stereocenters. The fourth-order valence-corrected chi connectivity index (χ4v) is 1.68. The Kier molecular flexibility index (Phi) is 3.08. The van der Waals surface area contributed by atoms with Crippen LogP contribution in [0.15, 0.2) is 0 Å². The molecule has 0 aliphatic heterocycles. The molecular formula is C11H17NO. The first-order valence-corrected chi connectivity index (χ1v) is 4.99. The van der Waals surface area contributed by atoms with E-state index in [1.54, 1.807) is 0 Å². The number of nitrogens with zero attached hydrogens (tertiary/aromatic N) is 1. The van der Waals surface area contributed by atoms with Crippen molar-refractivity contribution in [3.63, 3.8) is 0 Å². The third kappa shape index (κ3) is 2.55. The highest BCUT2D eigenvalue weighted by molar-refractivity contribution is 5.87. The van der Waals surface area contributed by atoms with Crippen LogP contribution >= 0.6 is 0 Å². The molecule has 0 bridgehead atoms. The van der Waals surface area contributed by atoms with Crippen LogP contribution < -0.4 is 0 Å². The van der Waals surface area contributed by atoms with Crippen LogP contribution in [0.2, 0.25) is 0 Å². The average Bonchev–Trinajstić information content (AvgIpc) is 2.77. The van der Waals surface area contributed by atoms with E-state index in [1.807, 2.05) is 13.8 Å². The van der Waals surface area contributed by atoms with Gasteiger partial charge in [-0.15, -0.1) is 0 Å². The zero-order valence-electron chi connectivity index (χ0n) is 8.58. The Hall–Kier alpha value is -0.840. The fraction of sp³-hybridized carbons (Fsp3) is 0.818. The molecule has 0 spiro atoms. The van der Waals surface area contributed by atoms with Crippen molar-refractivity contribution in [2.75, 3.05) is 0 Å². The molecule has 1 aliphatic carbocycles. The molecule has 2 heteroatoms. The van der Waals surface area contributed by atoms with Crippen LogP contribution in [0.4, 0.5) is 0 Å². The molecule has 0 aromatic heterocycles. The van der Waals surface area contributed by atoms with Gasteiger partial charge in [0.2, 0.25) is 0 Å². The molecule has 0 N–H and O–H groups in total. The van der Waals surface area contributed by atoms with Crippen molar-refractivity contribution in [1.29, 1.82) is 5.26 Å². The number of Topliss-reactive ketones (excluding diaryl/α,β-unsaturated/α-hetero) is 1. The summed E-state index contributed by atoms with van der Waals surface area (Å²) in [7, 11) is 0. The van der Waals surface area contributed by atoms with Crippen LogP contribution in [0.1, 0.15) is 33.6 Å². The van der Waals surface area contributed by atoms with E-state index in [1.165, 1.54) is 0 Å². The van der Waals surface area contributed by atoms with Crippen LogP contribution in [-0.4, -0.2) is 5.78 Å². The van der Waals surface area contributed by atoms with Gasteiger partial charge in [-0.05, 0) is 24.7 Å². The van der Waals surface area contributed by atoms with E-state index in [4.69, 9.17) is 5.26 Å². The Morgan fingerprint density at radius 3 is 2.46 bits per heavy atom. The van der Waals surface area contributed by atoms with Crippen molar-refractivity contribution in [3.05, 3.63) is 0 Å². The monoisotopic (exact) mass is 179 g/mol. The third-order valence-electron chi connectivity index (χ3n) is 2.68. The lowest BCUT2D eigenvalue weighted by molar-refractivity contribution is -0.123. The largest absolute Gasteiger partial charge is 0.298 e. The number of carbonyl (C=O) groups excluding carboxylic acids is 1. The van der Waals surface area contributed by atoms with E-state index in [0.29, 0.717) is 11.8 Å². The summed E-state index contributed by atoms with van der Waals surface area (Å²) in [6.45, 7) is 6.17. The van der Waals surface area contributed by atoms with E-state index in [9.17, 15) is 4.79 Å². The maximum absolute atomic E-state index is 11.7. The molecule has 13 heavy (non-hydrogen) atoms. The molecule has 2 nitrogen and oxygen atoms in total. The van der Waals surface area contributed by atoms with Crippen LogP contribution in [-0.2, 0) is 4.79 Å². The Morgan fingerprint density at radius 2 is 2.15 bits per heavy atom. The standard InChI is InChI=1S/C11H17NO/c1-7(2)4-9(6-12)11(13)10-5-8(10)3/h7-10H,4-5H2,1-3H3. The minimum Gasteiger partial charge on any atom is -0.298 e. The molecule has 0 aromatic carbocycles. The van der Waals surface area contributed by atoms with Crippen molar-refractivity contribution in [2.24, 2.45) is 23.7 Å². The fourth-order valence-electron chi connectivity index (χ4n) is 1.68. The second-order valence-electron chi connectivity index (χ2n) is 4.53. The number of hydrogen-bond donors (Lipinski definition) is 0. The van der Waals surface area contributed by atoms with Gasteiger partial charge in [0.15, 0.2) is 5.78 Å². The Balaban J connectivity index is 2.48. The number of carbonyl (C=O) groups is 1. The third-order valence-corrected chi connectivity index (χ3v) is 2.68. The second-order valence-corrected chi connectivity index (χ2v) is 4.53. The van der Waals surface area contributed by atoms with Gasteiger partial charge in [0.05, 0.1) is 6.07 Å².